The van der Waals surface area contributed by atoms with Crippen LogP contribution in [0.25, 0.3) is 22.3 Å². The summed E-state index contributed by atoms with van der Waals surface area (Å²) in [5.74, 6) is 1.82. The number of aromatic amines is 1. The summed E-state index contributed by atoms with van der Waals surface area (Å²) in [6.07, 6.45) is 0. The number of halogens is 1. The molecule has 122 valence electrons. The van der Waals surface area contributed by atoms with E-state index in [4.69, 9.17) is 4.74 Å². The van der Waals surface area contributed by atoms with E-state index < -0.39 is 0 Å². The van der Waals surface area contributed by atoms with Gasteiger partial charge in [-0.2, -0.15) is 0 Å². The van der Waals surface area contributed by atoms with Crippen molar-refractivity contribution >= 4 is 26.8 Å². The molecule has 0 aliphatic carbocycles. The number of hydrogen-bond donors (Lipinski definition) is 1. The first-order valence-corrected chi connectivity index (χ1v) is 8.52. The molecule has 3 aromatic carbocycles. The van der Waals surface area contributed by atoms with Gasteiger partial charge < -0.3 is 9.72 Å². The zero-order valence-electron chi connectivity index (χ0n) is 13.1. The number of rotatable bonds is 3. The molecule has 0 saturated heterocycles. The number of fused-ring (bicyclic) bond motifs is 1. The lowest BCUT2D eigenvalue weighted by atomic mass is 10.1. The summed E-state index contributed by atoms with van der Waals surface area (Å²) in [5, 5.41) is 0.567. The van der Waals surface area contributed by atoms with E-state index in [-0.39, 0.29) is 5.56 Å². The van der Waals surface area contributed by atoms with Crippen molar-refractivity contribution in [3.05, 3.63) is 87.6 Å². The Morgan fingerprint density at radius 3 is 2.44 bits per heavy atom. The minimum absolute atomic E-state index is 0.168. The largest absolute Gasteiger partial charge is 0.457 e. The summed E-state index contributed by atoms with van der Waals surface area (Å²) in [6.45, 7) is 0. The first-order valence-electron chi connectivity index (χ1n) is 7.72. The maximum atomic E-state index is 12.3. The van der Waals surface area contributed by atoms with E-state index >= 15 is 0 Å². The minimum Gasteiger partial charge on any atom is -0.457 e. The number of benzene rings is 3. The van der Waals surface area contributed by atoms with Crippen LogP contribution >= 0.6 is 15.9 Å². The monoisotopic (exact) mass is 392 g/mol. The third-order valence-corrected chi connectivity index (χ3v) is 4.33. The molecule has 1 heterocycles. The van der Waals surface area contributed by atoms with E-state index in [0.717, 1.165) is 10.0 Å². The zero-order chi connectivity index (χ0) is 17.2. The maximum Gasteiger partial charge on any atom is 0.259 e. The quantitative estimate of drug-likeness (QED) is 0.524. The Bertz CT molecular complexity index is 1100. The summed E-state index contributed by atoms with van der Waals surface area (Å²) in [5.41, 5.74) is 1.21. The van der Waals surface area contributed by atoms with Gasteiger partial charge in [0, 0.05) is 4.47 Å². The van der Waals surface area contributed by atoms with Gasteiger partial charge in [-0.15, -0.1) is 0 Å². The SMILES string of the molecule is O=c1[nH]c(-c2ccccc2Oc2ccc(Br)cc2)nc2ccccc12. The number of nitrogens with zero attached hydrogens (tertiary/aromatic N) is 1. The van der Waals surface area contributed by atoms with E-state index in [0.29, 0.717) is 28.2 Å². The van der Waals surface area contributed by atoms with Crippen molar-refractivity contribution in [1.29, 1.82) is 0 Å². The Labute approximate surface area is 152 Å². The minimum atomic E-state index is -0.168. The second-order valence-corrected chi connectivity index (χ2v) is 6.40. The van der Waals surface area contributed by atoms with Gasteiger partial charge in [-0.05, 0) is 48.5 Å². The van der Waals surface area contributed by atoms with Crippen molar-refractivity contribution < 1.29 is 4.74 Å². The first kappa shape index (κ1) is 15.6. The predicted octanol–water partition coefficient (Wildman–Crippen LogP) is 5.14. The second kappa shape index (κ2) is 6.53. The highest BCUT2D eigenvalue weighted by molar-refractivity contribution is 9.10. The van der Waals surface area contributed by atoms with Crippen molar-refractivity contribution in [1.82, 2.24) is 9.97 Å². The van der Waals surface area contributed by atoms with E-state index in [1.165, 1.54) is 0 Å². The molecule has 0 radical (unpaired) electrons. The highest BCUT2D eigenvalue weighted by atomic mass is 79.9. The van der Waals surface area contributed by atoms with Gasteiger partial charge in [-0.3, -0.25) is 4.79 Å². The van der Waals surface area contributed by atoms with E-state index in [1.54, 1.807) is 6.07 Å². The van der Waals surface area contributed by atoms with Crippen LogP contribution in [0.1, 0.15) is 0 Å². The molecule has 0 atom stereocenters. The standard InChI is InChI=1S/C20H13BrN2O2/c21-13-9-11-14(12-10-13)25-18-8-4-2-6-16(18)19-22-17-7-3-1-5-15(17)20(24)23-19/h1-12H,(H,22,23,24). The Hall–Kier alpha value is -2.92. The number of para-hydroxylation sites is 2. The first-order chi connectivity index (χ1) is 12.2. The average Bonchev–Trinajstić information content (AvgIpc) is 2.64. The van der Waals surface area contributed by atoms with Gasteiger partial charge in [0.1, 0.15) is 17.3 Å². The average molecular weight is 393 g/mol. The maximum absolute atomic E-state index is 12.3. The smallest absolute Gasteiger partial charge is 0.259 e. The van der Waals surface area contributed by atoms with E-state index in [2.05, 4.69) is 25.9 Å². The molecule has 0 bridgehead atoms. The molecule has 1 aromatic heterocycles. The van der Waals surface area contributed by atoms with Crippen LogP contribution in [0, 0.1) is 0 Å². The fourth-order valence-electron chi connectivity index (χ4n) is 2.59. The molecule has 0 amide bonds. The van der Waals surface area contributed by atoms with Gasteiger partial charge in [-0.25, -0.2) is 4.98 Å². The third-order valence-electron chi connectivity index (χ3n) is 3.80. The van der Waals surface area contributed by atoms with Gasteiger partial charge in [0.2, 0.25) is 0 Å². The molecule has 4 nitrogen and oxygen atoms in total. The van der Waals surface area contributed by atoms with Crippen LogP contribution in [0.4, 0.5) is 0 Å². The molecule has 0 saturated carbocycles. The summed E-state index contributed by atoms with van der Waals surface area (Å²) < 4.78 is 6.97. The molecule has 1 N–H and O–H groups in total. The summed E-state index contributed by atoms with van der Waals surface area (Å²) in [6, 6.07) is 22.3. The molecule has 25 heavy (non-hydrogen) atoms. The summed E-state index contributed by atoms with van der Waals surface area (Å²) in [7, 11) is 0. The van der Waals surface area contributed by atoms with E-state index in [9.17, 15) is 4.79 Å². The molecule has 4 rings (SSSR count). The van der Waals surface area contributed by atoms with Crippen LogP contribution in [-0.4, -0.2) is 9.97 Å². The van der Waals surface area contributed by atoms with Crippen LogP contribution in [0.3, 0.4) is 0 Å². The number of hydrogen-bond acceptors (Lipinski definition) is 3. The molecular formula is C20H13BrN2O2. The fraction of sp³-hybridized carbons (Fsp3) is 0. The highest BCUT2D eigenvalue weighted by Crippen LogP contribution is 2.31. The van der Waals surface area contributed by atoms with E-state index in [1.807, 2.05) is 66.7 Å². The summed E-state index contributed by atoms with van der Waals surface area (Å²) in [4.78, 5) is 19.8. The van der Waals surface area contributed by atoms with Gasteiger partial charge in [-0.1, -0.05) is 40.2 Å². The van der Waals surface area contributed by atoms with Gasteiger partial charge in [0.05, 0.1) is 16.5 Å². The molecule has 0 aliphatic heterocycles. The third kappa shape index (κ3) is 3.19. The molecular weight excluding hydrogens is 380 g/mol. The van der Waals surface area contributed by atoms with Crippen molar-refractivity contribution in [2.45, 2.75) is 0 Å². The van der Waals surface area contributed by atoms with Crippen molar-refractivity contribution in [2.75, 3.05) is 0 Å². The van der Waals surface area contributed by atoms with Crippen LogP contribution in [0.5, 0.6) is 11.5 Å². The number of aromatic nitrogens is 2. The fourth-order valence-corrected chi connectivity index (χ4v) is 2.86. The Morgan fingerprint density at radius 2 is 1.60 bits per heavy atom. The zero-order valence-corrected chi connectivity index (χ0v) is 14.7. The normalized spacial score (nSPS) is 10.8. The van der Waals surface area contributed by atoms with Gasteiger partial charge in [0.15, 0.2) is 0 Å². The van der Waals surface area contributed by atoms with Crippen molar-refractivity contribution in [3.8, 4) is 22.9 Å². The lowest BCUT2D eigenvalue weighted by Gasteiger charge is -2.11. The van der Waals surface area contributed by atoms with Crippen molar-refractivity contribution in [2.24, 2.45) is 0 Å². The topological polar surface area (TPSA) is 55.0 Å². The van der Waals surface area contributed by atoms with Crippen LogP contribution in [-0.2, 0) is 0 Å². The lowest BCUT2D eigenvalue weighted by molar-refractivity contribution is 0.484. The Kier molecular flexibility index (Phi) is 4.07. The predicted molar refractivity (Wildman–Crippen MR) is 102 cm³/mol. The molecule has 4 aromatic rings. The second-order valence-electron chi connectivity index (χ2n) is 5.48. The number of nitrogens with one attached hydrogen (secondary N) is 1. The molecule has 0 fully saturated rings. The van der Waals surface area contributed by atoms with Crippen LogP contribution < -0.4 is 10.3 Å². The van der Waals surface area contributed by atoms with Crippen LogP contribution in [0.15, 0.2) is 82.1 Å². The number of H-pyrrole nitrogens is 1. The van der Waals surface area contributed by atoms with Gasteiger partial charge >= 0.3 is 0 Å². The highest BCUT2D eigenvalue weighted by Gasteiger charge is 2.11. The lowest BCUT2D eigenvalue weighted by Crippen LogP contribution is -2.09. The van der Waals surface area contributed by atoms with Crippen LogP contribution in [0.2, 0.25) is 0 Å². The Balaban J connectivity index is 1.81. The molecule has 5 heteroatoms. The number of ether oxygens (including phenoxy) is 1. The molecule has 0 aliphatic rings. The molecule has 0 spiro atoms. The molecule has 0 unspecified atom stereocenters. The Morgan fingerprint density at radius 1 is 0.880 bits per heavy atom. The summed E-state index contributed by atoms with van der Waals surface area (Å²) >= 11 is 3.41. The van der Waals surface area contributed by atoms with Gasteiger partial charge in [0.25, 0.3) is 5.56 Å². The van der Waals surface area contributed by atoms with Crippen molar-refractivity contribution in [3.63, 3.8) is 0 Å².